The molecule has 1 atom stereocenters. The standard InChI is InChI=1S/C15H23N5O/c1-12(2)9-10-15(3,21)11-16-14-17-18-19-20(14)13-7-5-4-6-8-13/h4-8,12,21H,9-11H2,1-3H3,(H,16,17,19). The van der Waals surface area contributed by atoms with Crippen LogP contribution >= 0.6 is 0 Å². The summed E-state index contributed by atoms with van der Waals surface area (Å²) in [7, 11) is 0. The molecule has 0 saturated carbocycles. The fourth-order valence-electron chi connectivity index (χ4n) is 2.00. The molecular formula is C15H23N5O. The molecule has 2 rings (SSSR count). The maximum atomic E-state index is 10.4. The Bertz CT molecular complexity index is 550. The van der Waals surface area contributed by atoms with Crippen molar-refractivity contribution in [1.29, 1.82) is 0 Å². The number of para-hydroxylation sites is 1. The molecule has 1 heterocycles. The fourth-order valence-corrected chi connectivity index (χ4v) is 2.00. The summed E-state index contributed by atoms with van der Waals surface area (Å²) in [4.78, 5) is 0. The normalized spacial score (nSPS) is 14.1. The van der Waals surface area contributed by atoms with E-state index in [0.29, 0.717) is 18.4 Å². The second kappa shape index (κ2) is 6.67. The smallest absolute Gasteiger partial charge is 0.247 e. The second-order valence-corrected chi connectivity index (χ2v) is 6.03. The molecule has 0 amide bonds. The Hall–Kier alpha value is -1.95. The summed E-state index contributed by atoms with van der Waals surface area (Å²) >= 11 is 0. The van der Waals surface area contributed by atoms with Crippen molar-refractivity contribution in [3.63, 3.8) is 0 Å². The van der Waals surface area contributed by atoms with Crippen molar-refractivity contribution in [3.05, 3.63) is 30.3 Å². The van der Waals surface area contributed by atoms with Crippen LogP contribution in [0.25, 0.3) is 5.69 Å². The van der Waals surface area contributed by atoms with Crippen molar-refractivity contribution >= 4 is 5.95 Å². The molecule has 2 aromatic rings. The molecule has 0 fully saturated rings. The molecule has 6 heteroatoms. The minimum Gasteiger partial charge on any atom is -0.388 e. The summed E-state index contributed by atoms with van der Waals surface area (Å²) in [6, 6.07) is 9.66. The molecule has 0 aliphatic carbocycles. The van der Waals surface area contributed by atoms with E-state index in [1.165, 1.54) is 0 Å². The molecule has 0 radical (unpaired) electrons. The second-order valence-electron chi connectivity index (χ2n) is 6.03. The predicted octanol–water partition coefficient (Wildman–Crippen LogP) is 2.26. The average Bonchev–Trinajstić information content (AvgIpc) is 2.93. The highest BCUT2D eigenvalue weighted by Gasteiger charge is 2.21. The van der Waals surface area contributed by atoms with Crippen LogP contribution in [0.5, 0.6) is 0 Å². The largest absolute Gasteiger partial charge is 0.388 e. The van der Waals surface area contributed by atoms with Crippen LogP contribution in [0.15, 0.2) is 30.3 Å². The third kappa shape index (κ3) is 4.53. The number of hydrogen-bond donors (Lipinski definition) is 2. The van der Waals surface area contributed by atoms with Gasteiger partial charge in [0.15, 0.2) is 0 Å². The monoisotopic (exact) mass is 289 g/mol. The number of aromatic nitrogens is 4. The molecule has 0 bridgehead atoms. The summed E-state index contributed by atoms with van der Waals surface area (Å²) in [5, 5.41) is 25.2. The van der Waals surface area contributed by atoms with Crippen molar-refractivity contribution in [1.82, 2.24) is 20.2 Å². The van der Waals surface area contributed by atoms with Gasteiger partial charge < -0.3 is 10.4 Å². The molecule has 1 aromatic carbocycles. The van der Waals surface area contributed by atoms with Gasteiger partial charge in [-0.2, -0.15) is 4.68 Å². The van der Waals surface area contributed by atoms with Gasteiger partial charge in [0.2, 0.25) is 5.95 Å². The van der Waals surface area contributed by atoms with Crippen molar-refractivity contribution < 1.29 is 5.11 Å². The third-order valence-electron chi connectivity index (χ3n) is 3.36. The van der Waals surface area contributed by atoms with Gasteiger partial charge in [0.1, 0.15) is 0 Å². The lowest BCUT2D eigenvalue weighted by Gasteiger charge is -2.24. The van der Waals surface area contributed by atoms with Crippen molar-refractivity contribution in [2.24, 2.45) is 5.92 Å². The lowest BCUT2D eigenvalue weighted by atomic mass is 9.95. The van der Waals surface area contributed by atoms with Crippen LogP contribution in [-0.2, 0) is 0 Å². The number of hydrogen-bond acceptors (Lipinski definition) is 5. The SMILES string of the molecule is CC(C)CCC(C)(O)CNc1nnnn1-c1ccccc1. The zero-order valence-electron chi connectivity index (χ0n) is 12.8. The van der Waals surface area contributed by atoms with Gasteiger partial charge in [0.05, 0.1) is 11.3 Å². The molecule has 2 N–H and O–H groups in total. The van der Waals surface area contributed by atoms with Crippen LogP contribution in [0.3, 0.4) is 0 Å². The Morgan fingerprint density at radius 3 is 2.67 bits per heavy atom. The van der Waals surface area contributed by atoms with E-state index in [9.17, 15) is 5.11 Å². The predicted molar refractivity (Wildman–Crippen MR) is 82.3 cm³/mol. The van der Waals surface area contributed by atoms with E-state index in [1.807, 2.05) is 37.3 Å². The van der Waals surface area contributed by atoms with Gasteiger partial charge in [-0.15, -0.1) is 0 Å². The van der Waals surface area contributed by atoms with Gasteiger partial charge in [0, 0.05) is 6.54 Å². The maximum Gasteiger partial charge on any atom is 0.247 e. The number of benzene rings is 1. The summed E-state index contributed by atoms with van der Waals surface area (Å²) in [6.07, 6.45) is 1.73. The first kappa shape index (κ1) is 15.4. The minimum absolute atomic E-state index is 0.410. The molecule has 1 aromatic heterocycles. The van der Waals surface area contributed by atoms with E-state index in [1.54, 1.807) is 4.68 Å². The van der Waals surface area contributed by atoms with Crippen LogP contribution in [0, 0.1) is 5.92 Å². The summed E-state index contributed by atoms with van der Waals surface area (Å²) in [5.41, 5.74) is 0.101. The van der Waals surface area contributed by atoms with E-state index in [-0.39, 0.29) is 0 Å². The zero-order valence-corrected chi connectivity index (χ0v) is 12.8. The molecular weight excluding hydrogens is 266 g/mol. The maximum absolute atomic E-state index is 10.4. The molecule has 114 valence electrons. The van der Waals surface area contributed by atoms with E-state index in [0.717, 1.165) is 18.5 Å². The van der Waals surface area contributed by atoms with E-state index in [4.69, 9.17) is 0 Å². The first-order valence-electron chi connectivity index (χ1n) is 7.28. The van der Waals surface area contributed by atoms with Crippen molar-refractivity contribution in [3.8, 4) is 5.69 Å². The number of anilines is 1. The summed E-state index contributed by atoms with van der Waals surface area (Å²) < 4.78 is 1.62. The van der Waals surface area contributed by atoms with Gasteiger partial charge in [-0.05, 0) is 48.2 Å². The Balaban J connectivity index is 2.00. The van der Waals surface area contributed by atoms with Crippen LogP contribution in [0.2, 0.25) is 0 Å². The van der Waals surface area contributed by atoms with Gasteiger partial charge in [-0.25, -0.2) is 0 Å². The average molecular weight is 289 g/mol. The highest BCUT2D eigenvalue weighted by Crippen LogP contribution is 2.18. The topological polar surface area (TPSA) is 75.9 Å². The van der Waals surface area contributed by atoms with Crippen LogP contribution in [0.1, 0.15) is 33.6 Å². The Labute approximate surface area is 125 Å². The molecule has 0 aliphatic rings. The van der Waals surface area contributed by atoms with Crippen molar-refractivity contribution in [2.45, 2.75) is 39.2 Å². The quantitative estimate of drug-likeness (QED) is 0.817. The number of rotatable bonds is 7. The molecule has 1 unspecified atom stereocenters. The van der Waals surface area contributed by atoms with E-state index < -0.39 is 5.60 Å². The van der Waals surface area contributed by atoms with Gasteiger partial charge in [-0.3, -0.25) is 0 Å². The van der Waals surface area contributed by atoms with Crippen molar-refractivity contribution in [2.75, 3.05) is 11.9 Å². The molecule has 21 heavy (non-hydrogen) atoms. The number of aliphatic hydroxyl groups is 1. The first-order chi connectivity index (χ1) is 9.98. The molecule has 0 spiro atoms. The van der Waals surface area contributed by atoms with E-state index >= 15 is 0 Å². The number of nitrogens with one attached hydrogen (secondary N) is 1. The lowest BCUT2D eigenvalue weighted by Crippen LogP contribution is -2.34. The summed E-state index contributed by atoms with van der Waals surface area (Å²) in [5.74, 6) is 1.11. The van der Waals surface area contributed by atoms with Crippen LogP contribution in [0.4, 0.5) is 5.95 Å². The Kier molecular flexibility index (Phi) is 4.90. The van der Waals surface area contributed by atoms with Gasteiger partial charge >= 0.3 is 0 Å². The first-order valence-corrected chi connectivity index (χ1v) is 7.28. The fraction of sp³-hybridized carbons (Fsp3) is 0.533. The summed E-state index contributed by atoms with van der Waals surface area (Å²) in [6.45, 7) is 6.55. The Morgan fingerprint density at radius 1 is 1.29 bits per heavy atom. The Morgan fingerprint density at radius 2 is 2.00 bits per heavy atom. The minimum atomic E-state index is -0.780. The molecule has 0 aliphatic heterocycles. The zero-order chi connectivity index (χ0) is 15.3. The van der Waals surface area contributed by atoms with Gasteiger partial charge in [-0.1, -0.05) is 37.1 Å². The van der Waals surface area contributed by atoms with Crippen LogP contribution < -0.4 is 5.32 Å². The third-order valence-corrected chi connectivity index (χ3v) is 3.36. The van der Waals surface area contributed by atoms with E-state index in [2.05, 4.69) is 34.7 Å². The van der Waals surface area contributed by atoms with Gasteiger partial charge in [0.25, 0.3) is 0 Å². The number of tetrazole rings is 1. The highest BCUT2D eigenvalue weighted by molar-refractivity contribution is 5.38. The molecule has 6 nitrogen and oxygen atoms in total. The lowest BCUT2D eigenvalue weighted by molar-refractivity contribution is 0.0584. The highest BCUT2D eigenvalue weighted by atomic mass is 16.3. The number of nitrogens with zero attached hydrogens (tertiary/aromatic N) is 4. The van der Waals surface area contributed by atoms with Crippen LogP contribution in [-0.4, -0.2) is 37.5 Å². The molecule has 0 saturated heterocycles.